The maximum Gasteiger partial charge on any atom is 0.293 e. The van der Waals surface area contributed by atoms with Crippen molar-refractivity contribution in [2.75, 3.05) is 6.61 Å². The van der Waals surface area contributed by atoms with Gasteiger partial charge in [0.1, 0.15) is 0 Å². The van der Waals surface area contributed by atoms with Crippen LogP contribution in [0.15, 0.2) is 42.5 Å². The minimum atomic E-state index is 0.497. The summed E-state index contributed by atoms with van der Waals surface area (Å²) in [5, 5.41) is 0. The van der Waals surface area contributed by atoms with Crippen molar-refractivity contribution in [2.45, 2.75) is 19.3 Å². The lowest BCUT2D eigenvalue weighted by molar-refractivity contribution is -0.128. The van der Waals surface area contributed by atoms with E-state index < -0.39 is 0 Å². The second-order valence-corrected chi connectivity index (χ2v) is 4.90. The molecule has 0 radical (unpaired) electrons. The standard InChI is InChI=1S/C17H16O2/c18-12-19-9-3-4-13-7-8-15-11-14-5-1-2-6-16(14)17(15)10-13/h1-2,5-8,10,12H,3-4,9,11H2. The SMILES string of the molecule is O=COCCCc1ccc2c(c1)-c1ccccc1C2. The lowest BCUT2D eigenvalue weighted by atomic mass is 10.0. The Balaban J connectivity index is 1.79. The average Bonchev–Trinajstić information content (AvgIpc) is 2.82. The Morgan fingerprint density at radius 1 is 1.05 bits per heavy atom. The first-order valence-electron chi connectivity index (χ1n) is 6.64. The molecule has 0 fully saturated rings. The summed E-state index contributed by atoms with van der Waals surface area (Å²) in [5.41, 5.74) is 6.87. The molecule has 0 unspecified atom stereocenters. The van der Waals surface area contributed by atoms with Gasteiger partial charge in [0.2, 0.25) is 0 Å². The second kappa shape index (κ2) is 5.27. The van der Waals surface area contributed by atoms with Crippen LogP contribution in [0, 0.1) is 0 Å². The summed E-state index contributed by atoms with van der Waals surface area (Å²) in [6.07, 6.45) is 2.86. The molecule has 1 aliphatic rings. The number of fused-ring (bicyclic) bond motifs is 3. The molecule has 2 aromatic carbocycles. The van der Waals surface area contributed by atoms with E-state index in [1.807, 2.05) is 0 Å². The number of carbonyl (C=O) groups excluding carboxylic acids is 1. The summed E-state index contributed by atoms with van der Waals surface area (Å²) < 4.78 is 4.72. The van der Waals surface area contributed by atoms with Crippen molar-refractivity contribution in [3.8, 4) is 11.1 Å². The molecule has 0 amide bonds. The molecule has 0 bridgehead atoms. The quantitative estimate of drug-likeness (QED) is 0.514. The highest BCUT2D eigenvalue weighted by Crippen LogP contribution is 2.36. The van der Waals surface area contributed by atoms with Crippen molar-refractivity contribution in [3.05, 3.63) is 59.2 Å². The maximum absolute atomic E-state index is 10.1. The third kappa shape index (κ3) is 2.39. The molecule has 3 rings (SSSR count). The van der Waals surface area contributed by atoms with E-state index in [0.717, 1.165) is 19.3 Å². The van der Waals surface area contributed by atoms with Crippen molar-refractivity contribution in [2.24, 2.45) is 0 Å². The molecule has 96 valence electrons. The molecule has 0 saturated heterocycles. The average molecular weight is 252 g/mol. The Morgan fingerprint density at radius 2 is 1.89 bits per heavy atom. The Morgan fingerprint density at radius 3 is 2.79 bits per heavy atom. The number of benzene rings is 2. The molecule has 2 aromatic rings. The van der Waals surface area contributed by atoms with Crippen LogP contribution in [0.5, 0.6) is 0 Å². The smallest absolute Gasteiger partial charge is 0.293 e. The van der Waals surface area contributed by atoms with Crippen LogP contribution in [0.1, 0.15) is 23.1 Å². The first-order valence-corrected chi connectivity index (χ1v) is 6.64. The molecule has 19 heavy (non-hydrogen) atoms. The number of hydrogen-bond acceptors (Lipinski definition) is 2. The third-order valence-electron chi connectivity index (χ3n) is 3.66. The summed E-state index contributed by atoms with van der Waals surface area (Å²) in [4.78, 5) is 10.1. The Bertz CT molecular complexity index is 602. The molecule has 0 saturated carbocycles. The Hall–Kier alpha value is -2.09. The summed E-state index contributed by atoms with van der Waals surface area (Å²) in [5.74, 6) is 0. The largest absolute Gasteiger partial charge is 0.468 e. The second-order valence-electron chi connectivity index (χ2n) is 4.90. The number of hydrogen-bond donors (Lipinski definition) is 0. The first-order chi connectivity index (χ1) is 9.38. The summed E-state index contributed by atoms with van der Waals surface area (Å²) in [7, 11) is 0. The number of aryl methyl sites for hydroxylation is 1. The van der Waals surface area contributed by atoms with Crippen LogP contribution in [0.25, 0.3) is 11.1 Å². The predicted molar refractivity (Wildman–Crippen MR) is 75.0 cm³/mol. The van der Waals surface area contributed by atoms with Crippen LogP contribution < -0.4 is 0 Å². The lowest BCUT2D eigenvalue weighted by Crippen LogP contribution is -1.95. The van der Waals surface area contributed by atoms with Gasteiger partial charge in [0, 0.05) is 0 Å². The van der Waals surface area contributed by atoms with Gasteiger partial charge >= 0.3 is 0 Å². The molecule has 0 N–H and O–H groups in total. The molecule has 2 heteroatoms. The lowest BCUT2D eigenvalue weighted by Gasteiger charge is -2.05. The highest BCUT2D eigenvalue weighted by molar-refractivity contribution is 5.77. The van der Waals surface area contributed by atoms with E-state index in [1.165, 1.54) is 27.8 Å². The fourth-order valence-corrected chi connectivity index (χ4v) is 2.73. The monoisotopic (exact) mass is 252 g/mol. The van der Waals surface area contributed by atoms with Gasteiger partial charge in [-0.05, 0) is 47.1 Å². The molecule has 0 spiro atoms. The Kier molecular flexibility index (Phi) is 3.32. The van der Waals surface area contributed by atoms with Crippen LogP contribution in [0.2, 0.25) is 0 Å². The number of ether oxygens (including phenoxy) is 1. The van der Waals surface area contributed by atoms with E-state index >= 15 is 0 Å². The zero-order valence-corrected chi connectivity index (χ0v) is 10.8. The maximum atomic E-state index is 10.1. The minimum absolute atomic E-state index is 0.497. The summed E-state index contributed by atoms with van der Waals surface area (Å²) >= 11 is 0. The van der Waals surface area contributed by atoms with Crippen LogP contribution in [0.3, 0.4) is 0 Å². The zero-order valence-electron chi connectivity index (χ0n) is 10.8. The summed E-state index contributed by atoms with van der Waals surface area (Å²) in [6, 6.07) is 15.3. The number of rotatable bonds is 5. The Labute approximate surface area is 113 Å². The topological polar surface area (TPSA) is 26.3 Å². The minimum Gasteiger partial charge on any atom is -0.468 e. The van der Waals surface area contributed by atoms with Crippen molar-refractivity contribution >= 4 is 6.47 Å². The van der Waals surface area contributed by atoms with Crippen LogP contribution in [-0.4, -0.2) is 13.1 Å². The van der Waals surface area contributed by atoms with Gasteiger partial charge < -0.3 is 4.74 Å². The van der Waals surface area contributed by atoms with Gasteiger partial charge in [0.15, 0.2) is 0 Å². The van der Waals surface area contributed by atoms with Gasteiger partial charge in [0.05, 0.1) is 6.61 Å². The molecule has 1 aliphatic carbocycles. The van der Waals surface area contributed by atoms with E-state index in [2.05, 4.69) is 42.5 Å². The van der Waals surface area contributed by atoms with E-state index in [9.17, 15) is 4.79 Å². The first kappa shape index (κ1) is 12.0. The van der Waals surface area contributed by atoms with Crippen LogP contribution >= 0.6 is 0 Å². The molecule has 0 heterocycles. The van der Waals surface area contributed by atoms with Crippen LogP contribution in [0.4, 0.5) is 0 Å². The normalized spacial score (nSPS) is 11.8. The molecule has 0 atom stereocenters. The van der Waals surface area contributed by atoms with Crippen molar-refractivity contribution in [1.82, 2.24) is 0 Å². The molecular weight excluding hydrogens is 236 g/mol. The zero-order chi connectivity index (χ0) is 13.1. The fourth-order valence-electron chi connectivity index (χ4n) is 2.73. The highest BCUT2D eigenvalue weighted by atomic mass is 16.5. The van der Waals surface area contributed by atoms with Gasteiger partial charge in [-0.25, -0.2) is 0 Å². The highest BCUT2D eigenvalue weighted by Gasteiger charge is 2.17. The number of carbonyl (C=O) groups is 1. The van der Waals surface area contributed by atoms with E-state index in [4.69, 9.17) is 4.74 Å². The van der Waals surface area contributed by atoms with Crippen molar-refractivity contribution < 1.29 is 9.53 Å². The van der Waals surface area contributed by atoms with Crippen molar-refractivity contribution in [1.29, 1.82) is 0 Å². The van der Waals surface area contributed by atoms with E-state index in [1.54, 1.807) is 0 Å². The third-order valence-corrected chi connectivity index (χ3v) is 3.66. The summed E-state index contributed by atoms with van der Waals surface area (Å²) in [6.45, 7) is 1.01. The van der Waals surface area contributed by atoms with Gasteiger partial charge in [-0.1, -0.05) is 42.5 Å². The van der Waals surface area contributed by atoms with Gasteiger partial charge in [0.25, 0.3) is 6.47 Å². The van der Waals surface area contributed by atoms with Gasteiger partial charge in [-0.2, -0.15) is 0 Å². The molecule has 0 aromatic heterocycles. The van der Waals surface area contributed by atoms with Crippen molar-refractivity contribution in [3.63, 3.8) is 0 Å². The van der Waals surface area contributed by atoms with Gasteiger partial charge in [-0.15, -0.1) is 0 Å². The molecular formula is C17H16O2. The predicted octanol–water partition coefficient (Wildman–Crippen LogP) is 3.36. The fraction of sp³-hybridized carbons (Fsp3) is 0.235. The van der Waals surface area contributed by atoms with E-state index in [-0.39, 0.29) is 0 Å². The van der Waals surface area contributed by atoms with E-state index in [0.29, 0.717) is 13.1 Å². The van der Waals surface area contributed by atoms with Gasteiger partial charge in [-0.3, -0.25) is 4.79 Å². The molecule has 0 aliphatic heterocycles. The molecule has 2 nitrogen and oxygen atoms in total. The van der Waals surface area contributed by atoms with Crippen LogP contribution in [-0.2, 0) is 22.4 Å².